The maximum atomic E-state index is 13.8. The quantitative estimate of drug-likeness (QED) is 0.511. The van der Waals surface area contributed by atoms with E-state index in [1.54, 1.807) is 43.5 Å². The molecule has 1 aliphatic heterocycles. The van der Waals surface area contributed by atoms with E-state index in [1.165, 1.54) is 11.0 Å². The summed E-state index contributed by atoms with van der Waals surface area (Å²) >= 11 is 8.56. The molecule has 0 radical (unpaired) electrons. The normalized spacial score (nSPS) is 15.1. The van der Waals surface area contributed by atoms with Crippen LogP contribution in [0.4, 0.5) is 4.39 Å². The molecule has 28 heavy (non-hydrogen) atoms. The van der Waals surface area contributed by atoms with E-state index in [0.29, 0.717) is 39.0 Å². The van der Waals surface area contributed by atoms with Crippen LogP contribution in [0.1, 0.15) is 18.1 Å². The van der Waals surface area contributed by atoms with Gasteiger partial charge >= 0.3 is 0 Å². The molecule has 0 atom stereocenters. The first-order valence-electron chi connectivity index (χ1n) is 8.54. The summed E-state index contributed by atoms with van der Waals surface area (Å²) in [7, 11) is 1.61. The highest BCUT2D eigenvalue weighted by atomic mass is 79.9. The molecule has 0 aliphatic carbocycles. The predicted molar refractivity (Wildman–Crippen MR) is 113 cm³/mol. The lowest BCUT2D eigenvalue weighted by Crippen LogP contribution is -2.25. The van der Waals surface area contributed by atoms with Crippen LogP contribution in [-0.4, -0.2) is 29.6 Å². The van der Waals surface area contributed by atoms with Gasteiger partial charge in [-0.2, -0.15) is 0 Å². The number of benzene rings is 2. The van der Waals surface area contributed by atoms with Gasteiger partial charge in [-0.3, -0.25) is 9.69 Å². The van der Waals surface area contributed by atoms with Crippen molar-refractivity contribution < 1.29 is 18.7 Å². The van der Waals surface area contributed by atoms with Crippen molar-refractivity contribution in [3.63, 3.8) is 0 Å². The minimum Gasteiger partial charge on any atom is -0.490 e. The Morgan fingerprint density at radius 3 is 2.68 bits per heavy atom. The number of carbonyl (C=O) groups is 1. The van der Waals surface area contributed by atoms with Gasteiger partial charge in [0.2, 0.25) is 0 Å². The van der Waals surface area contributed by atoms with Crippen molar-refractivity contribution in [2.75, 3.05) is 13.7 Å². The van der Waals surface area contributed by atoms with Crippen LogP contribution in [-0.2, 0) is 11.4 Å². The number of nitrogens with one attached hydrogen (secondary N) is 1. The monoisotopic (exact) mass is 464 g/mol. The molecule has 1 heterocycles. The number of hydrogen-bond donors (Lipinski definition) is 1. The maximum absolute atomic E-state index is 13.8. The fraction of sp³-hybridized carbons (Fsp3) is 0.200. The van der Waals surface area contributed by atoms with Crippen molar-refractivity contribution >= 4 is 45.2 Å². The summed E-state index contributed by atoms with van der Waals surface area (Å²) in [5, 5.41) is 3.23. The minimum atomic E-state index is -0.330. The molecule has 0 bridgehead atoms. The van der Waals surface area contributed by atoms with Gasteiger partial charge in [-0.15, -0.1) is 0 Å². The highest BCUT2D eigenvalue weighted by Gasteiger charge is 2.27. The molecule has 1 amide bonds. The van der Waals surface area contributed by atoms with Gasteiger partial charge in [-0.25, -0.2) is 4.39 Å². The van der Waals surface area contributed by atoms with E-state index in [2.05, 4.69) is 21.2 Å². The first-order valence-corrected chi connectivity index (χ1v) is 9.74. The fourth-order valence-corrected chi connectivity index (χ4v) is 3.40. The lowest BCUT2D eigenvalue weighted by atomic mass is 10.1. The first kappa shape index (κ1) is 20.3. The average molecular weight is 465 g/mol. The van der Waals surface area contributed by atoms with Gasteiger partial charge in [0.1, 0.15) is 18.1 Å². The second kappa shape index (κ2) is 8.70. The second-order valence-corrected chi connectivity index (χ2v) is 7.24. The fourth-order valence-electron chi connectivity index (χ4n) is 2.63. The Balaban J connectivity index is 1.89. The van der Waals surface area contributed by atoms with E-state index >= 15 is 0 Å². The van der Waals surface area contributed by atoms with Crippen LogP contribution in [0.5, 0.6) is 11.5 Å². The predicted octanol–water partition coefficient (Wildman–Crippen LogP) is 4.25. The van der Waals surface area contributed by atoms with Crippen molar-refractivity contribution in [3.8, 4) is 11.5 Å². The zero-order valence-corrected chi connectivity index (χ0v) is 17.7. The van der Waals surface area contributed by atoms with Crippen LogP contribution in [0, 0.1) is 5.82 Å². The first-order chi connectivity index (χ1) is 13.4. The zero-order chi connectivity index (χ0) is 20.3. The standard InChI is InChI=1S/C20H18BrFN2O3S/c1-3-26-17-10-12(9-16-19(25)24(2)20(28)23-16)8-14(21)18(17)27-11-13-6-4-5-7-15(13)22/h4-10H,3,11H2,1-2H3,(H,23,28)/b16-9-. The molecular formula is C20H18BrFN2O3S. The van der Waals surface area contributed by atoms with E-state index in [0.717, 1.165) is 5.56 Å². The summed E-state index contributed by atoms with van der Waals surface area (Å²) in [6, 6.07) is 9.99. The second-order valence-electron chi connectivity index (χ2n) is 6.00. The summed E-state index contributed by atoms with van der Waals surface area (Å²) in [4.78, 5) is 13.5. The Kier molecular flexibility index (Phi) is 6.31. The van der Waals surface area contributed by atoms with Gasteiger partial charge in [0, 0.05) is 12.6 Å². The number of likely N-dealkylation sites (N-methyl/N-ethyl adjacent to an activating group) is 1. The van der Waals surface area contributed by atoms with Crippen molar-refractivity contribution in [3.05, 3.63) is 63.5 Å². The molecule has 1 N–H and O–H groups in total. The van der Waals surface area contributed by atoms with E-state index < -0.39 is 0 Å². The average Bonchev–Trinajstić information content (AvgIpc) is 2.89. The van der Waals surface area contributed by atoms with Crippen molar-refractivity contribution in [2.45, 2.75) is 13.5 Å². The van der Waals surface area contributed by atoms with Gasteiger partial charge in [0.25, 0.3) is 5.91 Å². The number of thiocarbonyl (C=S) groups is 1. The van der Waals surface area contributed by atoms with Gasteiger partial charge in [-0.1, -0.05) is 18.2 Å². The van der Waals surface area contributed by atoms with Crippen LogP contribution in [0.15, 0.2) is 46.6 Å². The third-order valence-electron chi connectivity index (χ3n) is 4.05. The lowest BCUT2D eigenvalue weighted by molar-refractivity contribution is -0.121. The van der Waals surface area contributed by atoms with Crippen LogP contribution >= 0.6 is 28.1 Å². The molecule has 146 valence electrons. The number of amides is 1. The Morgan fingerprint density at radius 1 is 1.29 bits per heavy atom. The van der Waals surface area contributed by atoms with Crippen molar-refractivity contribution in [2.24, 2.45) is 0 Å². The Hall–Kier alpha value is -2.45. The molecule has 1 saturated heterocycles. The van der Waals surface area contributed by atoms with E-state index in [-0.39, 0.29) is 18.3 Å². The van der Waals surface area contributed by atoms with Crippen LogP contribution in [0.3, 0.4) is 0 Å². The van der Waals surface area contributed by atoms with E-state index in [4.69, 9.17) is 21.7 Å². The van der Waals surface area contributed by atoms with Gasteiger partial charge in [-0.05, 0) is 64.9 Å². The summed E-state index contributed by atoms with van der Waals surface area (Å²) in [6.07, 6.45) is 1.69. The van der Waals surface area contributed by atoms with Crippen molar-refractivity contribution in [1.82, 2.24) is 10.2 Å². The summed E-state index contributed by atoms with van der Waals surface area (Å²) < 4.78 is 26.0. The molecule has 0 aromatic heterocycles. The topological polar surface area (TPSA) is 50.8 Å². The Labute approximate surface area is 176 Å². The van der Waals surface area contributed by atoms with Crippen LogP contribution < -0.4 is 14.8 Å². The molecule has 0 spiro atoms. The van der Waals surface area contributed by atoms with Gasteiger partial charge < -0.3 is 14.8 Å². The summed E-state index contributed by atoms with van der Waals surface area (Å²) in [5.41, 5.74) is 1.55. The summed E-state index contributed by atoms with van der Waals surface area (Å²) in [6.45, 7) is 2.34. The Morgan fingerprint density at radius 2 is 2.04 bits per heavy atom. The van der Waals surface area contributed by atoms with Crippen LogP contribution in [0.25, 0.3) is 6.08 Å². The molecule has 1 fully saturated rings. The van der Waals surface area contributed by atoms with E-state index in [9.17, 15) is 9.18 Å². The number of ether oxygens (including phenoxy) is 2. The molecular weight excluding hydrogens is 447 g/mol. The maximum Gasteiger partial charge on any atom is 0.276 e. The Bertz CT molecular complexity index is 964. The highest BCUT2D eigenvalue weighted by Crippen LogP contribution is 2.38. The molecule has 2 aromatic rings. The number of halogens is 2. The molecule has 0 saturated carbocycles. The SMILES string of the molecule is CCOc1cc(/C=C2\NC(=S)N(C)C2=O)cc(Br)c1OCc1ccccc1F. The third-order valence-corrected chi connectivity index (χ3v) is 5.02. The minimum absolute atomic E-state index is 0.0604. The molecule has 2 aromatic carbocycles. The van der Waals surface area contributed by atoms with E-state index in [1.807, 2.05) is 6.92 Å². The molecule has 3 rings (SSSR count). The number of nitrogens with zero attached hydrogens (tertiary/aromatic N) is 1. The highest BCUT2D eigenvalue weighted by molar-refractivity contribution is 9.10. The molecule has 1 aliphatic rings. The molecule has 8 heteroatoms. The zero-order valence-electron chi connectivity index (χ0n) is 15.3. The largest absolute Gasteiger partial charge is 0.490 e. The molecule has 0 unspecified atom stereocenters. The van der Waals surface area contributed by atoms with Crippen molar-refractivity contribution in [1.29, 1.82) is 0 Å². The van der Waals surface area contributed by atoms with Gasteiger partial charge in [0.05, 0.1) is 11.1 Å². The van der Waals surface area contributed by atoms with Gasteiger partial charge in [0.15, 0.2) is 16.6 Å². The smallest absolute Gasteiger partial charge is 0.276 e. The number of rotatable bonds is 6. The molecule has 5 nitrogen and oxygen atoms in total. The lowest BCUT2D eigenvalue weighted by Gasteiger charge is -2.15. The summed E-state index contributed by atoms with van der Waals surface area (Å²) in [5.74, 6) is 0.412. The van der Waals surface area contributed by atoms with Crippen LogP contribution in [0.2, 0.25) is 0 Å². The number of carbonyl (C=O) groups excluding carboxylic acids is 1. The third kappa shape index (κ3) is 4.34. The number of hydrogen-bond acceptors (Lipinski definition) is 4.